The summed E-state index contributed by atoms with van der Waals surface area (Å²) in [5, 5.41) is 13.7. The predicted molar refractivity (Wildman–Crippen MR) is 173 cm³/mol. The highest BCUT2D eigenvalue weighted by molar-refractivity contribution is 7.92. The van der Waals surface area contributed by atoms with Gasteiger partial charge in [0.1, 0.15) is 5.75 Å². The summed E-state index contributed by atoms with van der Waals surface area (Å²) in [5.41, 5.74) is 3.62. The van der Waals surface area contributed by atoms with Gasteiger partial charge < -0.3 is 15.3 Å². The highest BCUT2D eigenvalue weighted by Gasteiger charge is 2.25. The highest BCUT2D eigenvalue weighted by Crippen LogP contribution is 2.33. The van der Waals surface area contributed by atoms with E-state index in [-0.39, 0.29) is 36.3 Å². The van der Waals surface area contributed by atoms with Crippen molar-refractivity contribution in [3.63, 3.8) is 0 Å². The molecule has 1 atom stereocenters. The van der Waals surface area contributed by atoms with E-state index in [1.165, 1.54) is 19.1 Å². The van der Waals surface area contributed by atoms with E-state index in [0.29, 0.717) is 10.9 Å². The fraction of sp³-hybridized carbons (Fsp3) is 0.586. The number of hydrogen-bond donors (Lipinski definition) is 3. The van der Waals surface area contributed by atoms with Crippen molar-refractivity contribution in [2.75, 3.05) is 43.4 Å². The Labute approximate surface area is 259 Å². The van der Waals surface area contributed by atoms with Crippen LogP contribution < -0.4 is 10.0 Å². The van der Waals surface area contributed by atoms with Crippen LogP contribution in [-0.4, -0.2) is 71.6 Å². The summed E-state index contributed by atoms with van der Waals surface area (Å²) in [6.45, 7) is 6.19. The molecule has 8 nitrogen and oxygen atoms in total. The number of sulfone groups is 1. The van der Waals surface area contributed by atoms with Gasteiger partial charge in [-0.1, -0.05) is 31.9 Å². The summed E-state index contributed by atoms with van der Waals surface area (Å²) in [4.78, 5) is 2.95. The van der Waals surface area contributed by atoms with Crippen LogP contribution in [0.5, 0.6) is 5.75 Å². The average Bonchev–Trinajstić information content (AvgIpc) is 2.86. The van der Waals surface area contributed by atoms with Crippen LogP contribution >= 0.6 is 24.8 Å². The van der Waals surface area contributed by atoms with Crippen LogP contribution in [0.15, 0.2) is 41.3 Å². The summed E-state index contributed by atoms with van der Waals surface area (Å²) >= 11 is 0. The largest absolute Gasteiger partial charge is 0.506 e. The van der Waals surface area contributed by atoms with Crippen molar-refractivity contribution in [3.05, 3.63) is 53.1 Å². The SMILES string of the molecule is CCCN(CCCCCCNCCc1ccc(S(C)(=O)=O)cc1)C1CCc2cc(O)c(NS(C)(=O)=O)cc2C1.Cl.Cl. The summed E-state index contributed by atoms with van der Waals surface area (Å²) in [5.74, 6) is -0.0132. The number of phenols is 1. The topological polar surface area (TPSA) is 116 Å². The van der Waals surface area contributed by atoms with Gasteiger partial charge in [-0.2, -0.15) is 0 Å². The van der Waals surface area contributed by atoms with E-state index in [4.69, 9.17) is 0 Å². The molecular formula is C29H47Cl2N3O5S2. The number of phenolic OH excluding ortho intramolecular Hbond substituents is 1. The third kappa shape index (κ3) is 12.7. The number of rotatable bonds is 16. The van der Waals surface area contributed by atoms with E-state index in [1.54, 1.807) is 24.3 Å². The summed E-state index contributed by atoms with van der Waals surface area (Å²) in [6.07, 6.45) is 11.8. The lowest BCUT2D eigenvalue weighted by molar-refractivity contribution is 0.176. The first kappa shape index (κ1) is 37.5. The van der Waals surface area contributed by atoms with Gasteiger partial charge in [-0.25, -0.2) is 16.8 Å². The zero-order chi connectivity index (χ0) is 28.5. The van der Waals surface area contributed by atoms with Gasteiger partial charge >= 0.3 is 0 Å². The third-order valence-electron chi connectivity index (χ3n) is 7.33. The van der Waals surface area contributed by atoms with Crippen molar-refractivity contribution >= 4 is 50.4 Å². The fourth-order valence-electron chi connectivity index (χ4n) is 5.31. The van der Waals surface area contributed by atoms with E-state index in [2.05, 4.69) is 21.9 Å². The number of aryl methyl sites for hydroxylation is 1. The molecule has 12 heteroatoms. The Morgan fingerprint density at radius 1 is 0.902 bits per heavy atom. The fourth-order valence-corrected chi connectivity index (χ4v) is 6.51. The van der Waals surface area contributed by atoms with Crippen LogP contribution in [0, 0.1) is 0 Å². The highest BCUT2D eigenvalue weighted by atomic mass is 35.5. The Balaban J connectivity index is 0.00000420. The molecule has 1 aliphatic carbocycles. The van der Waals surface area contributed by atoms with Gasteiger partial charge in [0.2, 0.25) is 10.0 Å². The standard InChI is InChI=1S/C29H45N3O5S2.2ClH/c1-4-18-32(26-12-11-24-22-29(33)28(21-25(24)20-26)31-39(3,36)37)19-8-6-5-7-16-30-17-15-23-9-13-27(14-10-23)38(2,34)35;;/h9-10,13-14,21-22,26,30-31,33H,4-8,11-12,15-20H2,1-3H3;2*1H. The van der Waals surface area contributed by atoms with Gasteiger partial charge in [0, 0.05) is 12.3 Å². The van der Waals surface area contributed by atoms with Crippen LogP contribution in [0.3, 0.4) is 0 Å². The molecular weight excluding hydrogens is 605 g/mol. The molecule has 0 fully saturated rings. The Hall–Kier alpha value is -1.56. The number of unbranched alkanes of at least 4 members (excludes halogenated alkanes) is 3. The summed E-state index contributed by atoms with van der Waals surface area (Å²) in [7, 11) is -6.60. The van der Waals surface area contributed by atoms with Gasteiger partial charge in [-0.15, -0.1) is 24.8 Å². The van der Waals surface area contributed by atoms with Crippen molar-refractivity contribution in [2.24, 2.45) is 0 Å². The Morgan fingerprint density at radius 3 is 2.22 bits per heavy atom. The van der Waals surface area contributed by atoms with Gasteiger partial charge in [-0.3, -0.25) is 4.72 Å². The first-order valence-electron chi connectivity index (χ1n) is 14.0. The van der Waals surface area contributed by atoms with Gasteiger partial charge in [-0.05, 0) is 112 Å². The zero-order valence-corrected chi connectivity index (χ0v) is 27.7. The van der Waals surface area contributed by atoms with Gasteiger partial charge in [0.15, 0.2) is 9.84 Å². The van der Waals surface area contributed by atoms with E-state index in [0.717, 1.165) is 94.1 Å². The molecule has 3 N–H and O–H groups in total. The van der Waals surface area contributed by atoms with Crippen LogP contribution in [0.2, 0.25) is 0 Å². The number of halogens is 2. The van der Waals surface area contributed by atoms with E-state index < -0.39 is 19.9 Å². The number of benzene rings is 2. The van der Waals surface area contributed by atoms with E-state index >= 15 is 0 Å². The van der Waals surface area contributed by atoms with Crippen LogP contribution in [-0.2, 0) is 39.1 Å². The van der Waals surface area contributed by atoms with Gasteiger partial charge in [0.05, 0.1) is 16.8 Å². The molecule has 1 unspecified atom stereocenters. The second-order valence-corrected chi connectivity index (χ2v) is 14.5. The molecule has 0 aromatic heterocycles. The number of anilines is 1. The van der Waals surface area contributed by atoms with E-state index in [9.17, 15) is 21.9 Å². The molecule has 234 valence electrons. The molecule has 0 bridgehead atoms. The molecule has 0 saturated heterocycles. The molecule has 0 heterocycles. The molecule has 0 amide bonds. The number of aromatic hydroxyl groups is 1. The number of sulfonamides is 1. The number of nitrogens with zero attached hydrogens (tertiary/aromatic N) is 1. The summed E-state index contributed by atoms with van der Waals surface area (Å²) < 4.78 is 48.9. The van der Waals surface area contributed by atoms with Gasteiger partial charge in [0.25, 0.3) is 0 Å². The monoisotopic (exact) mass is 651 g/mol. The van der Waals surface area contributed by atoms with Crippen molar-refractivity contribution in [2.45, 2.75) is 75.6 Å². The third-order valence-corrected chi connectivity index (χ3v) is 9.05. The van der Waals surface area contributed by atoms with E-state index in [1.807, 2.05) is 12.1 Å². The first-order chi connectivity index (χ1) is 18.5. The smallest absolute Gasteiger partial charge is 0.229 e. The maximum absolute atomic E-state index is 11.7. The maximum atomic E-state index is 11.7. The quantitative estimate of drug-likeness (QED) is 0.173. The normalized spacial score (nSPS) is 15.1. The predicted octanol–water partition coefficient (Wildman–Crippen LogP) is 4.97. The van der Waals surface area contributed by atoms with Crippen molar-refractivity contribution in [1.82, 2.24) is 10.2 Å². The van der Waals surface area contributed by atoms with Crippen LogP contribution in [0.4, 0.5) is 5.69 Å². The number of hydrogen-bond acceptors (Lipinski definition) is 7. The minimum Gasteiger partial charge on any atom is -0.506 e. The maximum Gasteiger partial charge on any atom is 0.229 e. The second kappa shape index (κ2) is 17.5. The minimum atomic E-state index is -3.45. The average molecular weight is 653 g/mol. The van der Waals surface area contributed by atoms with Crippen LogP contribution in [0.25, 0.3) is 0 Å². The van der Waals surface area contributed by atoms with Crippen LogP contribution in [0.1, 0.15) is 62.1 Å². The van der Waals surface area contributed by atoms with Crippen molar-refractivity contribution in [1.29, 1.82) is 0 Å². The molecule has 0 spiro atoms. The molecule has 3 rings (SSSR count). The zero-order valence-electron chi connectivity index (χ0n) is 24.4. The Morgan fingerprint density at radius 2 is 1.59 bits per heavy atom. The molecule has 2 aromatic rings. The van der Waals surface area contributed by atoms with Crippen molar-refractivity contribution in [3.8, 4) is 5.75 Å². The van der Waals surface area contributed by atoms with Crippen molar-refractivity contribution < 1.29 is 21.9 Å². The number of nitrogens with one attached hydrogen (secondary N) is 2. The lowest BCUT2D eigenvalue weighted by Crippen LogP contribution is -2.40. The number of fused-ring (bicyclic) bond motifs is 1. The lowest BCUT2D eigenvalue weighted by atomic mass is 9.86. The summed E-state index contributed by atoms with van der Waals surface area (Å²) in [6, 6.07) is 11.1. The lowest BCUT2D eigenvalue weighted by Gasteiger charge is -2.35. The molecule has 1 aliphatic rings. The molecule has 0 radical (unpaired) electrons. The first-order valence-corrected chi connectivity index (χ1v) is 17.8. The Kier molecular flexibility index (Phi) is 16.0. The minimum absolute atomic E-state index is 0. The Bertz CT molecular complexity index is 1290. The molecule has 0 saturated carbocycles. The molecule has 0 aliphatic heterocycles. The molecule has 41 heavy (non-hydrogen) atoms. The molecule has 2 aromatic carbocycles. The second-order valence-electron chi connectivity index (χ2n) is 10.8.